The average Bonchev–Trinajstić information content (AvgIpc) is 2.84. The topological polar surface area (TPSA) is 95.1 Å². The number of carbonyl (C=O) groups excluding carboxylic acids is 2. The van der Waals surface area contributed by atoms with Gasteiger partial charge in [-0.05, 0) is 31.2 Å². The van der Waals surface area contributed by atoms with Crippen molar-refractivity contribution in [1.29, 1.82) is 0 Å². The number of methoxy groups -OCH3 is 2. The second-order valence-electron chi connectivity index (χ2n) is 7.37. The zero-order valence-corrected chi connectivity index (χ0v) is 18.5. The van der Waals surface area contributed by atoms with E-state index in [1.165, 1.54) is 14.2 Å². The second kappa shape index (κ2) is 9.52. The zero-order valence-electron chi connectivity index (χ0n) is 18.5. The largest absolute Gasteiger partial charge is 0.494 e. The number of nitrogens with one attached hydrogen (secondary N) is 2. The normalized spacial score (nSPS) is 16.5. The number of anilines is 2. The summed E-state index contributed by atoms with van der Waals surface area (Å²) >= 11 is 0. The molecule has 33 heavy (non-hydrogen) atoms. The Bertz CT molecular complexity index is 1160. The van der Waals surface area contributed by atoms with Crippen LogP contribution in [0.3, 0.4) is 0 Å². The molecular formula is C25H24N2O6. The molecule has 0 aliphatic carbocycles. The van der Waals surface area contributed by atoms with E-state index in [9.17, 15) is 9.59 Å². The molecule has 2 atom stereocenters. The zero-order chi connectivity index (χ0) is 23.4. The molecule has 1 heterocycles. The maximum atomic E-state index is 13.0. The van der Waals surface area contributed by atoms with E-state index >= 15 is 0 Å². The van der Waals surface area contributed by atoms with E-state index in [1.54, 1.807) is 55.5 Å². The highest BCUT2D eigenvalue weighted by molar-refractivity contribution is 6.05. The standard InChI is InChI=1S/C25H24N2O6/c1-15-23(33-20-12-8-7-11-19(20)32-15)25(29)27-18-14-21(30-2)17(13-22(18)31-3)26-24(28)16-9-5-4-6-10-16/h4-15,23H,1-3H3,(H,26,28)(H,27,29)/t15-,23-/m0/s1. The Morgan fingerprint density at radius 3 is 1.94 bits per heavy atom. The van der Waals surface area contributed by atoms with Crippen LogP contribution in [0.25, 0.3) is 0 Å². The summed E-state index contributed by atoms with van der Waals surface area (Å²) in [4.78, 5) is 25.6. The van der Waals surface area contributed by atoms with Crippen molar-refractivity contribution in [2.24, 2.45) is 0 Å². The Labute approximate surface area is 191 Å². The fourth-order valence-corrected chi connectivity index (χ4v) is 3.49. The van der Waals surface area contributed by atoms with Gasteiger partial charge >= 0.3 is 0 Å². The van der Waals surface area contributed by atoms with Gasteiger partial charge in [0.1, 0.15) is 17.6 Å². The van der Waals surface area contributed by atoms with Crippen molar-refractivity contribution in [1.82, 2.24) is 0 Å². The summed E-state index contributed by atoms with van der Waals surface area (Å²) in [6, 6.07) is 19.2. The van der Waals surface area contributed by atoms with Gasteiger partial charge in [0, 0.05) is 17.7 Å². The van der Waals surface area contributed by atoms with Gasteiger partial charge in [0.05, 0.1) is 25.6 Å². The Kier molecular flexibility index (Phi) is 6.35. The molecule has 1 aliphatic heterocycles. The van der Waals surface area contributed by atoms with E-state index < -0.39 is 18.1 Å². The summed E-state index contributed by atoms with van der Waals surface area (Å²) in [6.45, 7) is 1.76. The van der Waals surface area contributed by atoms with Gasteiger partial charge in [0.2, 0.25) is 6.10 Å². The Morgan fingerprint density at radius 2 is 1.33 bits per heavy atom. The van der Waals surface area contributed by atoms with E-state index in [1.807, 2.05) is 18.2 Å². The highest BCUT2D eigenvalue weighted by Crippen LogP contribution is 2.38. The predicted octanol–water partition coefficient (Wildman–Crippen LogP) is 4.12. The summed E-state index contributed by atoms with van der Waals surface area (Å²) in [5, 5.41) is 5.63. The summed E-state index contributed by atoms with van der Waals surface area (Å²) in [5.41, 5.74) is 1.27. The molecule has 0 saturated heterocycles. The first kappa shape index (κ1) is 22.0. The van der Waals surface area contributed by atoms with Crippen LogP contribution in [0.2, 0.25) is 0 Å². The summed E-state index contributed by atoms with van der Waals surface area (Å²) in [7, 11) is 2.95. The van der Waals surface area contributed by atoms with E-state index in [2.05, 4.69) is 10.6 Å². The molecule has 0 saturated carbocycles. The third kappa shape index (κ3) is 4.69. The molecule has 170 valence electrons. The fraction of sp³-hybridized carbons (Fsp3) is 0.200. The molecule has 2 N–H and O–H groups in total. The summed E-state index contributed by atoms with van der Waals surface area (Å²) < 4.78 is 22.6. The summed E-state index contributed by atoms with van der Waals surface area (Å²) in [6.07, 6.45) is -1.37. The number of fused-ring (bicyclic) bond motifs is 1. The number of hydrogen-bond acceptors (Lipinski definition) is 6. The maximum absolute atomic E-state index is 13.0. The van der Waals surface area contributed by atoms with Gasteiger partial charge in [0.15, 0.2) is 11.5 Å². The lowest BCUT2D eigenvalue weighted by Crippen LogP contribution is -2.46. The fourth-order valence-electron chi connectivity index (χ4n) is 3.49. The van der Waals surface area contributed by atoms with Crippen molar-refractivity contribution < 1.29 is 28.5 Å². The molecule has 8 nitrogen and oxygen atoms in total. The minimum atomic E-state index is -0.868. The molecule has 0 unspecified atom stereocenters. The van der Waals surface area contributed by atoms with Crippen LogP contribution in [0.1, 0.15) is 17.3 Å². The highest BCUT2D eigenvalue weighted by Gasteiger charge is 2.34. The van der Waals surface area contributed by atoms with E-state index in [0.717, 1.165) is 0 Å². The van der Waals surface area contributed by atoms with Crippen molar-refractivity contribution in [2.45, 2.75) is 19.1 Å². The molecule has 0 spiro atoms. The van der Waals surface area contributed by atoms with Crippen molar-refractivity contribution in [3.05, 3.63) is 72.3 Å². The van der Waals surface area contributed by atoms with Crippen LogP contribution in [0, 0.1) is 0 Å². The lowest BCUT2D eigenvalue weighted by Gasteiger charge is -2.31. The number of amides is 2. The maximum Gasteiger partial charge on any atom is 0.269 e. The number of benzene rings is 3. The first-order valence-electron chi connectivity index (χ1n) is 10.4. The average molecular weight is 448 g/mol. The number of rotatable bonds is 6. The minimum absolute atomic E-state index is 0.298. The first-order valence-corrected chi connectivity index (χ1v) is 10.4. The Balaban J connectivity index is 1.55. The van der Waals surface area contributed by atoms with E-state index in [0.29, 0.717) is 39.9 Å². The predicted molar refractivity (Wildman–Crippen MR) is 124 cm³/mol. The van der Waals surface area contributed by atoms with Gasteiger partial charge < -0.3 is 29.6 Å². The van der Waals surface area contributed by atoms with Crippen molar-refractivity contribution in [3.8, 4) is 23.0 Å². The van der Waals surface area contributed by atoms with Crippen LogP contribution in [0.4, 0.5) is 11.4 Å². The van der Waals surface area contributed by atoms with Gasteiger partial charge in [0.25, 0.3) is 11.8 Å². The third-order valence-electron chi connectivity index (χ3n) is 5.16. The molecule has 0 aromatic heterocycles. The van der Waals surface area contributed by atoms with Crippen LogP contribution in [-0.4, -0.2) is 38.2 Å². The monoisotopic (exact) mass is 448 g/mol. The quantitative estimate of drug-likeness (QED) is 0.589. The Morgan fingerprint density at radius 1 is 0.788 bits per heavy atom. The van der Waals surface area contributed by atoms with Crippen LogP contribution in [-0.2, 0) is 4.79 Å². The molecule has 0 fully saturated rings. The molecule has 3 aromatic carbocycles. The second-order valence-corrected chi connectivity index (χ2v) is 7.37. The van der Waals surface area contributed by atoms with Gasteiger partial charge in [-0.15, -0.1) is 0 Å². The summed E-state index contributed by atoms with van der Waals surface area (Å²) in [5.74, 6) is 1.09. The van der Waals surface area contributed by atoms with E-state index in [-0.39, 0.29) is 5.91 Å². The van der Waals surface area contributed by atoms with Crippen LogP contribution >= 0.6 is 0 Å². The van der Waals surface area contributed by atoms with E-state index in [4.69, 9.17) is 18.9 Å². The molecule has 4 rings (SSSR count). The number of ether oxygens (including phenoxy) is 4. The SMILES string of the molecule is COc1cc(NC(=O)[C@H]2Oc3ccccc3O[C@H]2C)c(OC)cc1NC(=O)c1ccccc1. The van der Waals surface area contributed by atoms with Gasteiger partial charge in [-0.3, -0.25) is 9.59 Å². The molecule has 3 aromatic rings. The number of para-hydroxylation sites is 2. The number of hydrogen-bond donors (Lipinski definition) is 2. The first-order chi connectivity index (χ1) is 16.0. The minimum Gasteiger partial charge on any atom is -0.494 e. The van der Waals surface area contributed by atoms with Gasteiger partial charge in [-0.25, -0.2) is 0 Å². The van der Waals surface area contributed by atoms with Gasteiger partial charge in [-0.1, -0.05) is 30.3 Å². The number of carbonyl (C=O) groups is 2. The molecule has 0 bridgehead atoms. The molecule has 0 radical (unpaired) electrons. The molecule has 8 heteroatoms. The lowest BCUT2D eigenvalue weighted by atomic mass is 10.1. The van der Waals surface area contributed by atoms with Gasteiger partial charge in [-0.2, -0.15) is 0 Å². The molecular weight excluding hydrogens is 424 g/mol. The van der Waals surface area contributed by atoms with Crippen molar-refractivity contribution in [3.63, 3.8) is 0 Å². The van der Waals surface area contributed by atoms with Crippen LogP contribution in [0.15, 0.2) is 66.7 Å². The van der Waals surface area contributed by atoms with Crippen LogP contribution < -0.4 is 29.6 Å². The smallest absolute Gasteiger partial charge is 0.269 e. The Hall–Kier alpha value is -4.20. The molecule has 2 amide bonds. The van der Waals surface area contributed by atoms with Crippen molar-refractivity contribution in [2.75, 3.05) is 24.9 Å². The third-order valence-corrected chi connectivity index (χ3v) is 5.16. The lowest BCUT2D eigenvalue weighted by molar-refractivity contribution is -0.128. The highest BCUT2D eigenvalue weighted by atomic mass is 16.6. The van der Waals surface area contributed by atoms with Crippen LogP contribution in [0.5, 0.6) is 23.0 Å². The molecule has 1 aliphatic rings. The van der Waals surface area contributed by atoms with Crippen molar-refractivity contribution >= 4 is 23.2 Å².